The molecule has 1 atom stereocenters. The quantitative estimate of drug-likeness (QED) is 0.803. The lowest BCUT2D eigenvalue weighted by Crippen LogP contribution is -2.15. The molecular weight excluding hydrogens is 356 g/mol. The summed E-state index contributed by atoms with van der Waals surface area (Å²) in [6, 6.07) is 4.84. The average Bonchev–Trinajstić information content (AvgIpc) is 3.25. The molecule has 8 nitrogen and oxygen atoms in total. The molecule has 0 saturated carbocycles. The first kappa shape index (κ1) is 18.4. The third kappa shape index (κ3) is 4.05. The minimum Gasteiger partial charge on any atom is -0.379 e. The summed E-state index contributed by atoms with van der Waals surface area (Å²) in [4.78, 5) is 11.6. The third-order valence-electron chi connectivity index (χ3n) is 4.20. The number of aryl methyl sites for hydroxylation is 1. The topological polar surface area (TPSA) is 102 Å². The Morgan fingerprint density at radius 2 is 2.19 bits per heavy atom. The number of amides is 1. The number of benzene rings is 1. The third-order valence-corrected chi connectivity index (χ3v) is 5.74. The molecule has 2 N–H and O–H groups in total. The van der Waals surface area contributed by atoms with Gasteiger partial charge in [-0.05, 0) is 37.1 Å². The highest BCUT2D eigenvalue weighted by Gasteiger charge is 2.21. The molecule has 1 fully saturated rings. The van der Waals surface area contributed by atoms with Crippen molar-refractivity contribution in [1.29, 1.82) is 0 Å². The van der Waals surface area contributed by atoms with Crippen LogP contribution in [0.2, 0.25) is 0 Å². The number of anilines is 2. The van der Waals surface area contributed by atoms with Crippen LogP contribution in [0.1, 0.15) is 31.4 Å². The van der Waals surface area contributed by atoms with Crippen molar-refractivity contribution in [2.45, 2.75) is 37.6 Å². The summed E-state index contributed by atoms with van der Waals surface area (Å²) in [5.41, 5.74) is 1.52. The molecule has 2 heterocycles. The largest absolute Gasteiger partial charge is 0.379 e. The molecule has 1 unspecified atom stereocenters. The van der Waals surface area contributed by atoms with Gasteiger partial charge in [-0.25, -0.2) is 8.42 Å². The first-order chi connectivity index (χ1) is 12.4. The molecule has 1 aliphatic rings. The van der Waals surface area contributed by atoms with E-state index in [1.807, 2.05) is 0 Å². The van der Waals surface area contributed by atoms with Gasteiger partial charge in [0, 0.05) is 24.9 Å². The number of aromatic nitrogens is 2. The van der Waals surface area contributed by atoms with Gasteiger partial charge in [0.2, 0.25) is 5.91 Å². The maximum absolute atomic E-state index is 12.7. The highest BCUT2D eigenvalue weighted by molar-refractivity contribution is 7.92. The summed E-state index contributed by atoms with van der Waals surface area (Å²) in [6.45, 7) is 4.71. The molecule has 140 valence electrons. The Morgan fingerprint density at radius 3 is 2.85 bits per heavy atom. The van der Waals surface area contributed by atoms with E-state index in [9.17, 15) is 13.2 Å². The van der Waals surface area contributed by atoms with Crippen LogP contribution in [0.15, 0.2) is 35.5 Å². The van der Waals surface area contributed by atoms with Crippen molar-refractivity contribution in [3.63, 3.8) is 0 Å². The Balaban J connectivity index is 1.76. The monoisotopic (exact) mass is 378 g/mol. The lowest BCUT2D eigenvalue weighted by Gasteiger charge is -2.11. The second-order valence-electron chi connectivity index (χ2n) is 6.21. The summed E-state index contributed by atoms with van der Waals surface area (Å²) in [5, 5.41) is 6.93. The molecule has 1 saturated heterocycles. The molecule has 1 aromatic carbocycles. The van der Waals surface area contributed by atoms with Crippen LogP contribution >= 0.6 is 0 Å². The summed E-state index contributed by atoms with van der Waals surface area (Å²) in [7, 11) is -3.75. The molecule has 9 heteroatoms. The van der Waals surface area contributed by atoms with Gasteiger partial charge >= 0.3 is 0 Å². The Hall–Kier alpha value is -2.39. The Labute approximate surface area is 152 Å². The number of sulfonamides is 1. The summed E-state index contributed by atoms with van der Waals surface area (Å²) in [5.74, 6) is -0.124. The van der Waals surface area contributed by atoms with Crippen LogP contribution < -0.4 is 10.0 Å². The number of rotatable bonds is 6. The molecule has 0 radical (unpaired) electrons. The van der Waals surface area contributed by atoms with Gasteiger partial charge in [0.1, 0.15) is 0 Å². The van der Waals surface area contributed by atoms with E-state index in [0.717, 1.165) is 6.42 Å². The van der Waals surface area contributed by atoms with Gasteiger partial charge in [-0.3, -0.25) is 14.2 Å². The second-order valence-corrected chi connectivity index (χ2v) is 7.86. The first-order valence-corrected chi connectivity index (χ1v) is 9.92. The molecular formula is C17H22N4O4S. The lowest BCUT2D eigenvalue weighted by molar-refractivity contribution is -0.115. The predicted octanol–water partition coefficient (Wildman–Crippen LogP) is 2.30. The van der Waals surface area contributed by atoms with Crippen molar-refractivity contribution in [3.05, 3.63) is 36.2 Å². The van der Waals surface area contributed by atoms with E-state index in [4.69, 9.17) is 4.74 Å². The molecule has 3 rings (SSSR count). The molecule has 0 bridgehead atoms. The summed E-state index contributed by atoms with van der Waals surface area (Å²) >= 11 is 0. The normalized spacial score (nSPS) is 17.2. The fourth-order valence-electron chi connectivity index (χ4n) is 2.81. The zero-order chi connectivity index (χ0) is 18.7. The van der Waals surface area contributed by atoms with Crippen LogP contribution in [-0.4, -0.2) is 37.3 Å². The number of nitrogens with zero attached hydrogens (tertiary/aromatic N) is 2. The standard InChI is InChI=1S/C17H22N4O4S/c1-3-17(22)19-13-4-5-16(12(2)8-13)26(23,24)20-14-9-18-21(10-14)15-6-7-25-11-15/h4-5,8-10,15,20H,3,6-7,11H2,1-2H3,(H,19,22). The molecule has 2 aromatic rings. The predicted molar refractivity (Wildman–Crippen MR) is 97.6 cm³/mol. The SMILES string of the molecule is CCC(=O)Nc1ccc(S(=O)(=O)Nc2cnn(C3CCOC3)c2)c(C)c1. The number of hydrogen-bond acceptors (Lipinski definition) is 5. The lowest BCUT2D eigenvalue weighted by atomic mass is 10.2. The fourth-order valence-corrected chi connectivity index (χ4v) is 4.06. The van der Waals surface area contributed by atoms with Gasteiger partial charge < -0.3 is 10.1 Å². The molecule has 1 amide bonds. The minimum absolute atomic E-state index is 0.124. The second kappa shape index (κ2) is 7.46. The maximum atomic E-state index is 12.7. The number of nitrogens with one attached hydrogen (secondary N) is 2. The van der Waals surface area contributed by atoms with Gasteiger partial charge in [0.05, 0.1) is 29.4 Å². The Morgan fingerprint density at radius 1 is 1.38 bits per heavy atom. The number of hydrogen-bond donors (Lipinski definition) is 2. The van der Waals surface area contributed by atoms with Crippen molar-refractivity contribution in [2.75, 3.05) is 23.3 Å². The zero-order valence-electron chi connectivity index (χ0n) is 14.7. The maximum Gasteiger partial charge on any atom is 0.262 e. The van der Waals surface area contributed by atoms with Gasteiger partial charge in [0.15, 0.2) is 0 Å². The van der Waals surface area contributed by atoms with Gasteiger partial charge in [0.25, 0.3) is 10.0 Å². The van der Waals surface area contributed by atoms with Crippen LogP contribution in [0.3, 0.4) is 0 Å². The van der Waals surface area contributed by atoms with E-state index in [-0.39, 0.29) is 16.8 Å². The Kier molecular flexibility index (Phi) is 5.28. The van der Waals surface area contributed by atoms with Crippen molar-refractivity contribution in [2.24, 2.45) is 0 Å². The molecule has 0 spiro atoms. The molecule has 1 aliphatic heterocycles. The van der Waals surface area contributed by atoms with Crippen molar-refractivity contribution < 1.29 is 17.9 Å². The Bertz CT molecular complexity index is 901. The van der Waals surface area contributed by atoms with E-state index in [0.29, 0.717) is 36.6 Å². The molecule has 26 heavy (non-hydrogen) atoms. The van der Waals surface area contributed by atoms with Crippen LogP contribution in [0.5, 0.6) is 0 Å². The van der Waals surface area contributed by atoms with Gasteiger partial charge in [-0.2, -0.15) is 5.10 Å². The van der Waals surface area contributed by atoms with E-state index in [1.54, 1.807) is 36.9 Å². The van der Waals surface area contributed by atoms with Crippen LogP contribution in [0.25, 0.3) is 0 Å². The summed E-state index contributed by atoms with van der Waals surface area (Å²) < 4.78 is 35.0. The van der Waals surface area contributed by atoms with E-state index in [2.05, 4.69) is 15.1 Å². The molecule has 1 aromatic heterocycles. The summed E-state index contributed by atoms with van der Waals surface area (Å²) in [6.07, 6.45) is 4.37. The smallest absolute Gasteiger partial charge is 0.262 e. The van der Waals surface area contributed by atoms with E-state index < -0.39 is 10.0 Å². The van der Waals surface area contributed by atoms with Crippen molar-refractivity contribution in [1.82, 2.24) is 9.78 Å². The van der Waals surface area contributed by atoms with E-state index in [1.165, 1.54) is 12.3 Å². The van der Waals surface area contributed by atoms with Crippen molar-refractivity contribution in [3.8, 4) is 0 Å². The average molecular weight is 378 g/mol. The number of carbonyl (C=O) groups is 1. The van der Waals surface area contributed by atoms with Crippen LogP contribution in [-0.2, 0) is 19.6 Å². The highest BCUT2D eigenvalue weighted by atomic mass is 32.2. The fraction of sp³-hybridized carbons (Fsp3) is 0.412. The minimum atomic E-state index is -3.75. The van der Waals surface area contributed by atoms with Crippen LogP contribution in [0.4, 0.5) is 11.4 Å². The van der Waals surface area contributed by atoms with Crippen molar-refractivity contribution >= 4 is 27.3 Å². The number of carbonyl (C=O) groups excluding carboxylic acids is 1. The first-order valence-electron chi connectivity index (χ1n) is 8.44. The molecule has 0 aliphatic carbocycles. The van der Waals surface area contributed by atoms with Crippen LogP contribution in [0, 0.1) is 6.92 Å². The van der Waals surface area contributed by atoms with Gasteiger partial charge in [-0.1, -0.05) is 6.92 Å². The number of ether oxygens (including phenoxy) is 1. The van der Waals surface area contributed by atoms with E-state index >= 15 is 0 Å². The van der Waals surface area contributed by atoms with Gasteiger partial charge in [-0.15, -0.1) is 0 Å². The highest BCUT2D eigenvalue weighted by Crippen LogP contribution is 2.24. The zero-order valence-corrected chi connectivity index (χ0v) is 15.5.